The molecule has 112 valence electrons. The molecule has 0 atom stereocenters. The monoisotopic (exact) mass is 285 g/mol. The summed E-state index contributed by atoms with van der Waals surface area (Å²) in [6.45, 7) is 3.99. The highest BCUT2D eigenvalue weighted by Crippen LogP contribution is 2.27. The Morgan fingerprint density at radius 2 is 1.81 bits per heavy atom. The van der Waals surface area contributed by atoms with Crippen molar-refractivity contribution < 1.29 is 4.74 Å². The fourth-order valence-corrected chi connectivity index (χ4v) is 2.06. The zero-order valence-electron chi connectivity index (χ0n) is 13.1. The van der Waals surface area contributed by atoms with Crippen molar-refractivity contribution in [3.63, 3.8) is 0 Å². The second kappa shape index (κ2) is 6.39. The minimum absolute atomic E-state index is 0.122. The summed E-state index contributed by atoms with van der Waals surface area (Å²) in [6.07, 6.45) is 0.122. The van der Waals surface area contributed by atoms with Gasteiger partial charge in [-0.3, -0.25) is 0 Å². The molecule has 4 nitrogen and oxygen atoms in total. The van der Waals surface area contributed by atoms with E-state index in [2.05, 4.69) is 22.3 Å². The minimum atomic E-state index is 0.122. The Morgan fingerprint density at radius 3 is 2.48 bits per heavy atom. The molecular formula is C17H23N3O. The minimum Gasteiger partial charge on any atom is -0.491 e. The van der Waals surface area contributed by atoms with Crippen LogP contribution >= 0.6 is 0 Å². The van der Waals surface area contributed by atoms with Gasteiger partial charge < -0.3 is 20.7 Å². The average Bonchev–Trinajstić information content (AvgIpc) is 2.37. The number of hydrogen-bond donors (Lipinski definition) is 2. The largest absolute Gasteiger partial charge is 0.491 e. The first-order valence-electron chi connectivity index (χ1n) is 7.05. The van der Waals surface area contributed by atoms with Gasteiger partial charge in [-0.1, -0.05) is 6.07 Å². The van der Waals surface area contributed by atoms with Crippen LogP contribution in [0, 0.1) is 0 Å². The fourth-order valence-electron chi connectivity index (χ4n) is 2.06. The summed E-state index contributed by atoms with van der Waals surface area (Å²) in [5.41, 5.74) is 9.69. The average molecular weight is 285 g/mol. The van der Waals surface area contributed by atoms with E-state index >= 15 is 0 Å². The number of rotatable bonds is 5. The quantitative estimate of drug-likeness (QED) is 0.819. The molecule has 0 aliphatic carbocycles. The molecule has 3 N–H and O–H groups in total. The number of hydrogen-bond acceptors (Lipinski definition) is 4. The molecule has 2 rings (SSSR count). The summed E-state index contributed by atoms with van der Waals surface area (Å²) in [5.74, 6) is 0.774. The summed E-state index contributed by atoms with van der Waals surface area (Å²) in [5, 5.41) is 3.37. The Bertz CT molecular complexity index is 609. The normalized spacial score (nSPS) is 10.5. The molecule has 2 aromatic rings. The van der Waals surface area contributed by atoms with Crippen molar-refractivity contribution in [1.29, 1.82) is 0 Å². The topological polar surface area (TPSA) is 50.5 Å². The maximum Gasteiger partial charge on any atom is 0.123 e. The molecule has 0 amide bonds. The van der Waals surface area contributed by atoms with Gasteiger partial charge in [-0.2, -0.15) is 0 Å². The molecular weight excluding hydrogens is 262 g/mol. The fraction of sp³-hybridized carbons (Fsp3) is 0.294. The van der Waals surface area contributed by atoms with Gasteiger partial charge in [-0.15, -0.1) is 0 Å². The number of nitrogen functional groups attached to an aromatic ring is 1. The lowest BCUT2D eigenvalue weighted by Gasteiger charge is -2.16. The standard InChI is InChI=1S/C17H23N3O/c1-12(2)21-17-9-13(18)8-15(11-17)19-14-6-5-7-16(10-14)20(3)4/h5-12,19H,18H2,1-4H3. The molecule has 0 aliphatic rings. The van der Waals surface area contributed by atoms with Gasteiger partial charge in [0.2, 0.25) is 0 Å². The van der Waals surface area contributed by atoms with Crippen LogP contribution in [0.4, 0.5) is 22.7 Å². The lowest BCUT2D eigenvalue weighted by molar-refractivity contribution is 0.242. The van der Waals surface area contributed by atoms with Gasteiger partial charge in [-0.25, -0.2) is 0 Å². The van der Waals surface area contributed by atoms with Crippen molar-refractivity contribution in [3.8, 4) is 5.75 Å². The van der Waals surface area contributed by atoms with Crippen molar-refractivity contribution in [3.05, 3.63) is 42.5 Å². The number of anilines is 4. The second-order valence-corrected chi connectivity index (χ2v) is 5.53. The molecule has 0 spiro atoms. The number of nitrogens with zero attached hydrogens (tertiary/aromatic N) is 1. The van der Waals surface area contributed by atoms with Crippen molar-refractivity contribution in [2.75, 3.05) is 30.0 Å². The summed E-state index contributed by atoms with van der Waals surface area (Å²) in [7, 11) is 4.04. The van der Waals surface area contributed by atoms with Crippen LogP contribution < -0.4 is 20.7 Å². The van der Waals surface area contributed by atoms with E-state index in [1.54, 1.807) is 0 Å². The molecule has 4 heteroatoms. The Hall–Kier alpha value is -2.36. The molecule has 0 unspecified atom stereocenters. The molecule has 2 aromatic carbocycles. The van der Waals surface area contributed by atoms with E-state index < -0.39 is 0 Å². The van der Waals surface area contributed by atoms with Crippen LogP contribution in [0.15, 0.2) is 42.5 Å². The third-order valence-electron chi connectivity index (χ3n) is 2.95. The van der Waals surface area contributed by atoms with Crippen LogP contribution in [-0.2, 0) is 0 Å². The zero-order chi connectivity index (χ0) is 15.4. The zero-order valence-corrected chi connectivity index (χ0v) is 13.1. The van der Waals surface area contributed by atoms with Gasteiger partial charge in [0, 0.05) is 49.0 Å². The first kappa shape index (κ1) is 15.0. The van der Waals surface area contributed by atoms with E-state index in [0.29, 0.717) is 5.69 Å². The van der Waals surface area contributed by atoms with Crippen LogP contribution in [0.3, 0.4) is 0 Å². The van der Waals surface area contributed by atoms with Gasteiger partial charge in [0.1, 0.15) is 5.75 Å². The molecule has 0 fully saturated rings. The van der Waals surface area contributed by atoms with Crippen molar-refractivity contribution >= 4 is 22.7 Å². The van der Waals surface area contributed by atoms with E-state index in [0.717, 1.165) is 22.8 Å². The first-order valence-corrected chi connectivity index (χ1v) is 7.05. The van der Waals surface area contributed by atoms with Crippen LogP contribution in [0.25, 0.3) is 0 Å². The Labute approximate surface area is 126 Å². The van der Waals surface area contributed by atoms with E-state index in [-0.39, 0.29) is 6.10 Å². The van der Waals surface area contributed by atoms with Crippen molar-refractivity contribution in [1.82, 2.24) is 0 Å². The lowest BCUT2D eigenvalue weighted by atomic mass is 10.2. The van der Waals surface area contributed by atoms with Gasteiger partial charge >= 0.3 is 0 Å². The van der Waals surface area contributed by atoms with Crippen LogP contribution in [0.5, 0.6) is 5.75 Å². The highest BCUT2D eigenvalue weighted by molar-refractivity contribution is 5.68. The third-order valence-corrected chi connectivity index (χ3v) is 2.95. The van der Waals surface area contributed by atoms with Crippen LogP contribution in [0.2, 0.25) is 0 Å². The molecule has 21 heavy (non-hydrogen) atoms. The SMILES string of the molecule is CC(C)Oc1cc(N)cc(Nc2cccc(N(C)C)c2)c1. The summed E-state index contributed by atoms with van der Waals surface area (Å²) in [4.78, 5) is 2.07. The molecule has 0 saturated carbocycles. The van der Waals surface area contributed by atoms with Crippen LogP contribution in [-0.4, -0.2) is 20.2 Å². The number of nitrogens with two attached hydrogens (primary N) is 1. The first-order chi connectivity index (χ1) is 9.94. The van der Waals surface area contributed by atoms with E-state index in [4.69, 9.17) is 10.5 Å². The van der Waals surface area contributed by atoms with E-state index in [9.17, 15) is 0 Å². The van der Waals surface area contributed by atoms with E-state index in [1.165, 1.54) is 0 Å². The van der Waals surface area contributed by atoms with Gasteiger partial charge in [0.15, 0.2) is 0 Å². The van der Waals surface area contributed by atoms with Gasteiger partial charge in [0.25, 0.3) is 0 Å². The Morgan fingerprint density at radius 1 is 1.05 bits per heavy atom. The molecule has 0 saturated heterocycles. The van der Waals surface area contributed by atoms with Crippen molar-refractivity contribution in [2.24, 2.45) is 0 Å². The maximum absolute atomic E-state index is 5.94. The predicted molar refractivity (Wildman–Crippen MR) is 90.7 cm³/mol. The molecule has 0 radical (unpaired) electrons. The van der Waals surface area contributed by atoms with Crippen LogP contribution in [0.1, 0.15) is 13.8 Å². The smallest absolute Gasteiger partial charge is 0.123 e. The second-order valence-electron chi connectivity index (χ2n) is 5.53. The number of benzene rings is 2. The predicted octanol–water partition coefficient (Wildman–Crippen LogP) is 3.87. The summed E-state index contributed by atoms with van der Waals surface area (Å²) in [6, 6.07) is 13.9. The summed E-state index contributed by atoms with van der Waals surface area (Å²) < 4.78 is 5.71. The van der Waals surface area contributed by atoms with E-state index in [1.807, 2.05) is 58.3 Å². The maximum atomic E-state index is 5.94. The number of nitrogens with one attached hydrogen (secondary N) is 1. The molecule has 0 bridgehead atoms. The Balaban J connectivity index is 2.22. The highest BCUT2D eigenvalue weighted by atomic mass is 16.5. The van der Waals surface area contributed by atoms with Gasteiger partial charge in [-0.05, 0) is 38.1 Å². The summed E-state index contributed by atoms with van der Waals surface area (Å²) >= 11 is 0. The van der Waals surface area contributed by atoms with Crippen molar-refractivity contribution in [2.45, 2.75) is 20.0 Å². The molecule has 0 heterocycles. The third kappa shape index (κ3) is 4.31. The number of ether oxygens (including phenoxy) is 1. The molecule has 0 aromatic heterocycles. The molecule has 0 aliphatic heterocycles. The Kier molecular flexibility index (Phi) is 4.58. The highest BCUT2D eigenvalue weighted by Gasteiger charge is 2.04. The lowest BCUT2D eigenvalue weighted by Crippen LogP contribution is -2.08. The van der Waals surface area contributed by atoms with Gasteiger partial charge in [0.05, 0.1) is 6.10 Å².